The summed E-state index contributed by atoms with van der Waals surface area (Å²) < 4.78 is 15.4. The summed E-state index contributed by atoms with van der Waals surface area (Å²) in [6.07, 6.45) is 0. The van der Waals surface area contributed by atoms with Crippen molar-refractivity contribution in [1.82, 2.24) is 0 Å². The van der Waals surface area contributed by atoms with Crippen molar-refractivity contribution < 1.29 is 23.8 Å². The van der Waals surface area contributed by atoms with E-state index in [0.717, 1.165) is 5.75 Å². The Balaban J connectivity index is 1.93. The zero-order valence-corrected chi connectivity index (χ0v) is 13.6. The van der Waals surface area contributed by atoms with Crippen molar-refractivity contribution in [2.75, 3.05) is 25.6 Å². The van der Waals surface area contributed by atoms with Gasteiger partial charge in [-0.15, -0.1) is 0 Å². The van der Waals surface area contributed by atoms with E-state index in [1.54, 1.807) is 48.5 Å². The van der Waals surface area contributed by atoms with E-state index in [4.69, 9.17) is 9.47 Å². The summed E-state index contributed by atoms with van der Waals surface area (Å²) in [7, 11) is 1.29. The minimum absolute atomic E-state index is 0.177. The Kier molecular flexibility index (Phi) is 6.19. The first-order chi connectivity index (χ1) is 11.6. The van der Waals surface area contributed by atoms with Gasteiger partial charge in [-0.2, -0.15) is 0 Å². The van der Waals surface area contributed by atoms with Crippen LogP contribution in [0.2, 0.25) is 0 Å². The van der Waals surface area contributed by atoms with E-state index in [2.05, 4.69) is 10.1 Å². The fourth-order valence-corrected chi connectivity index (χ4v) is 2.01. The molecule has 126 valence electrons. The standard InChI is InChI=1S/C18H19NO5/c1-3-23-13-8-10-14(11-9-13)24-12-17(20)19-16-7-5-4-6-15(16)18(21)22-2/h4-11H,3,12H2,1-2H3,(H,19,20). The molecule has 0 aliphatic heterocycles. The van der Waals surface area contributed by atoms with Crippen molar-refractivity contribution in [3.63, 3.8) is 0 Å². The Morgan fingerprint density at radius 1 is 0.958 bits per heavy atom. The minimum atomic E-state index is -0.515. The molecule has 0 atom stereocenters. The van der Waals surface area contributed by atoms with Gasteiger partial charge in [-0.25, -0.2) is 4.79 Å². The molecule has 1 amide bonds. The number of methoxy groups -OCH3 is 1. The summed E-state index contributed by atoms with van der Waals surface area (Å²) in [6, 6.07) is 13.6. The molecule has 0 fully saturated rings. The lowest BCUT2D eigenvalue weighted by Gasteiger charge is -2.11. The van der Waals surface area contributed by atoms with Crippen molar-refractivity contribution >= 4 is 17.6 Å². The highest BCUT2D eigenvalue weighted by molar-refractivity contribution is 6.01. The lowest BCUT2D eigenvalue weighted by molar-refractivity contribution is -0.118. The van der Waals surface area contributed by atoms with Crippen molar-refractivity contribution in [3.05, 3.63) is 54.1 Å². The van der Waals surface area contributed by atoms with E-state index in [1.165, 1.54) is 7.11 Å². The quantitative estimate of drug-likeness (QED) is 0.791. The lowest BCUT2D eigenvalue weighted by atomic mass is 10.2. The first-order valence-corrected chi connectivity index (χ1v) is 7.47. The molecular weight excluding hydrogens is 310 g/mol. The minimum Gasteiger partial charge on any atom is -0.494 e. The van der Waals surface area contributed by atoms with Gasteiger partial charge in [-0.05, 0) is 43.3 Å². The summed E-state index contributed by atoms with van der Waals surface area (Å²) >= 11 is 0. The molecule has 6 heteroatoms. The normalized spacial score (nSPS) is 9.92. The molecule has 0 aliphatic rings. The molecule has 0 aromatic heterocycles. The SMILES string of the molecule is CCOc1ccc(OCC(=O)Nc2ccccc2C(=O)OC)cc1. The highest BCUT2D eigenvalue weighted by Crippen LogP contribution is 2.18. The average molecular weight is 329 g/mol. The van der Waals surface area contributed by atoms with Crippen LogP contribution in [0.5, 0.6) is 11.5 Å². The largest absolute Gasteiger partial charge is 0.494 e. The number of carbonyl (C=O) groups is 2. The summed E-state index contributed by atoms with van der Waals surface area (Å²) in [6.45, 7) is 2.31. The Morgan fingerprint density at radius 3 is 2.21 bits per heavy atom. The monoisotopic (exact) mass is 329 g/mol. The number of anilines is 1. The summed E-state index contributed by atoms with van der Waals surface area (Å²) in [5.74, 6) is 0.398. The average Bonchev–Trinajstić information content (AvgIpc) is 2.61. The van der Waals surface area contributed by atoms with Crippen LogP contribution in [-0.4, -0.2) is 32.2 Å². The molecule has 24 heavy (non-hydrogen) atoms. The van der Waals surface area contributed by atoms with Gasteiger partial charge in [0, 0.05) is 0 Å². The van der Waals surface area contributed by atoms with Gasteiger partial charge in [0.25, 0.3) is 5.91 Å². The summed E-state index contributed by atoms with van der Waals surface area (Å²) in [4.78, 5) is 23.7. The fourth-order valence-electron chi connectivity index (χ4n) is 2.01. The second-order valence-corrected chi connectivity index (χ2v) is 4.78. The Labute approximate surface area is 140 Å². The smallest absolute Gasteiger partial charge is 0.339 e. The third-order valence-electron chi connectivity index (χ3n) is 3.11. The van der Waals surface area contributed by atoms with Crippen molar-refractivity contribution in [2.45, 2.75) is 6.92 Å². The Hall–Kier alpha value is -3.02. The number of amides is 1. The van der Waals surface area contributed by atoms with Gasteiger partial charge in [0.15, 0.2) is 6.61 Å². The predicted molar refractivity (Wildman–Crippen MR) is 89.5 cm³/mol. The molecule has 0 heterocycles. The zero-order chi connectivity index (χ0) is 17.4. The van der Waals surface area contributed by atoms with Gasteiger partial charge in [0.05, 0.1) is 25.0 Å². The van der Waals surface area contributed by atoms with Crippen LogP contribution in [0.15, 0.2) is 48.5 Å². The van der Waals surface area contributed by atoms with E-state index in [9.17, 15) is 9.59 Å². The number of para-hydroxylation sites is 1. The predicted octanol–water partition coefficient (Wildman–Crippen LogP) is 2.89. The number of benzene rings is 2. The van der Waals surface area contributed by atoms with Gasteiger partial charge in [0.1, 0.15) is 11.5 Å². The number of ether oxygens (including phenoxy) is 3. The molecule has 6 nitrogen and oxygen atoms in total. The highest BCUT2D eigenvalue weighted by Gasteiger charge is 2.13. The second kappa shape index (κ2) is 8.57. The zero-order valence-electron chi connectivity index (χ0n) is 13.6. The van der Waals surface area contributed by atoms with E-state index >= 15 is 0 Å². The maximum atomic E-state index is 12.0. The van der Waals surface area contributed by atoms with E-state index in [1.807, 2.05) is 6.92 Å². The third-order valence-corrected chi connectivity index (χ3v) is 3.11. The molecule has 0 unspecified atom stereocenters. The van der Waals surface area contributed by atoms with Gasteiger partial charge in [0.2, 0.25) is 0 Å². The van der Waals surface area contributed by atoms with Crippen LogP contribution in [0.1, 0.15) is 17.3 Å². The third kappa shape index (κ3) is 4.74. The maximum Gasteiger partial charge on any atom is 0.339 e. The van der Waals surface area contributed by atoms with Crippen LogP contribution in [0.3, 0.4) is 0 Å². The Morgan fingerprint density at radius 2 is 1.58 bits per heavy atom. The first kappa shape index (κ1) is 17.3. The van der Waals surface area contributed by atoms with Gasteiger partial charge >= 0.3 is 5.97 Å². The van der Waals surface area contributed by atoms with E-state index in [0.29, 0.717) is 18.0 Å². The van der Waals surface area contributed by atoms with Gasteiger partial charge < -0.3 is 19.5 Å². The van der Waals surface area contributed by atoms with Crippen LogP contribution in [0.4, 0.5) is 5.69 Å². The second-order valence-electron chi connectivity index (χ2n) is 4.78. The number of rotatable bonds is 7. The summed E-state index contributed by atoms with van der Waals surface area (Å²) in [5, 5.41) is 2.64. The molecule has 0 spiro atoms. The van der Waals surface area contributed by atoms with Crippen LogP contribution in [0.25, 0.3) is 0 Å². The first-order valence-electron chi connectivity index (χ1n) is 7.47. The lowest BCUT2D eigenvalue weighted by Crippen LogP contribution is -2.21. The molecule has 0 saturated heterocycles. The van der Waals surface area contributed by atoms with Crippen LogP contribution in [-0.2, 0) is 9.53 Å². The molecule has 2 aromatic rings. The fraction of sp³-hybridized carbons (Fsp3) is 0.222. The Bertz CT molecular complexity index is 697. The molecule has 0 aliphatic carbocycles. The number of hydrogen-bond acceptors (Lipinski definition) is 5. The molecule has 0 bridgehead atoms. The molecule has 2 rings (SSSR count). The number of esters is 1. The number of nitrogens with one attached hydrogen (secondary N) is 1. The molecular formula is C18H19NO5. The van der Waals surface area contributed by atoms with Gasteiger partial charge in [-0.1, -0.05) is 12.1 Å². The van der Waals surface area contributed by atoms with Crippen LogP contribution in [0, 0.1) is 0 Å². The van der Waals surface area contributed by atoms with E-state index in [-0.39, 0.29) is 18.1 Å². The molecule has 1 N–H and O–H groups in total. The number of hydrogen-bond donors (Lipinski definition) is 1. The van der Waals surface area contributed by atoms with Gasteiger partial charge in [-0.3, -0.25) is 4.79 Å². The molecule has 0 saturated carbocycles. The maximum absolute atomic E-state index is 12.0. The number of carbonyl (C=O) groups excluding carboxylic acids is 2. The van der Waals surface area contributed by atoms with Crippen molar-refractivity contribution in [1.29, 1.82) is 0 Å². The molecule has 2 aromatic carbocycles. The van der Waals surface area contributed by atoms with Crippen molar-refractivity contribution in [2.24, 2.45) is 0 Å². The van der Waals surface area contributed by atoms with Crippen molar-refractivity contribution in [3.8, 4) is 11.5 Å². The van der Waals surface area contributed by atoms with Crippen LogP contribution < -0.4 is 14.8 Å². The topological polar surface area (TPSA) is 73.9 Å². The molecule has 0 radical (unpaired) electrons. The highest BCUT2D eigenvalue weighted by atomic mass is 16.5. The summed E-state index contributed by atoms with van der Waals surface area (Å²) in [5.41, 5.74) is 0.666. The van der Waals surface area contributed by atoms with Crippen LogP contribution >= 0.6 is 0 Å². The van der Waals surface area contributed by atoms with E-state index < -0.39 is 5.97 Å².